The predicted molar refractivity (Wildman–Crippen MR) is 126 cm³/mol. The van der Waals surface area contributed by atoms with Gasteiger partial charge in [0.2, 0.25) is 0 Å². The molecule has 2 N–H and O–H groups in total. The van der Waals surface area contributed by atoms with E-state index in [-0.39, 0.29) is 17.0 Å². The Morgan fingerprint density at radius 3 is 2.30 bits per heavy atom. The van der Waals surface area contributed by atoms with Gasteiger partial charge < -0.3 is 10.6 Å². The van der Waals surface area contributed by atoms with Gasteiger partial charge in [-0.1, -0.05) is 64.1 Å². The number of allylic oxidation sites excluding steroid dienone is 4. The molecule has 0 heterocycles. The van der Waals surface area contributed by atoms with E-state index in [1.165, 1.54) is 0 Å². The molecule has 30 heavy (non-hydrogen) atoms. The van der Waals surface area contributed by atoms with E-state index in [4.69, 9.17) is 0 Å². The summed E-state index contributed by atoms with van der Waals surface area (Å²) in [5.74, 6) is -0.240. The quantitative estimate of drug-likeness (QED) is 0.195. The van der Waals surface area contributed by atoms with E-state index in [0.717, 1.165) is 11.1 Å². The average Bonchev–Trinajstić information content (AvgIpc) is 2.71. The molecule has 5 heteroatoms. The Labute approximate surface area is 180 Å². The number of aldehydes is 1. The summed E-state index contributed by atoms with van der Waals surface area (Å²) in [6.07, 6.45) is 7.49. The molecule has 0 bridgehead atoms. The SMILES string of the molecule is C=CC(C)(C)/C(=C(\C=C(\C=O)NC(=O)/C(=C/c1ccccc1)NC)N=CC)C(C)C. The van der Waals surface area contributed by atoms with Gasteiger partial charge in [-0.05, 0) is 36.1 Å². The molecule has 0 radical (unpaired) electrons. The smallest absolute Gasteiger partial charge is 0.271 e. The Kier molecular flexibility index (Phi) is 9.69. The number of amides is 1. The van der Waals surface area contributed by atoms with E-state index < -0.39 is 5.91 Å². The molecule has 5 nitrogen and oxygen atoms in total. The molecule has 160 valence electrons. The van der Waals surface area contributed by atoms with Gasteiger partial charge in [-0.15, -0.1) is 6.58 Å². The number of aliphatic imine (C=N–C) groups is 1. The second-order valence-corrected chi connectivity index (χ2v) is 7.66. The zero-order valence-electron chi connectivity index (χ0n) is 18.8. The van der Waals surface area contributed by atoms with Crippen molar-refractivity contribution in [2.45, 2.75) is 34.6 Å². The van der Waals surface area contributed by atoms with Crippen molar-refractivity contribution >= 4 is 24.5 Å². The Morgan fingerprint density at radius 2 is 1.83 bits per heavy atom. The van der Waals surface area contributed by atoms with E-state index in [9.17, 15) is 9.59 Å². The lowest BCUT2D eigenvalue weighted by Crippen LogP contribution is -2.30. The van der Waals surface area contributed by atoms with Crippen molar-refractivity contribution in [3.8, 4) is 0 Å². The molecule has 0 saturated carbocycles. The van der Waals surface area contributed by atoms with Gasteiger partial charge in [-0.2, -0.15) is 0 Å². The van der Waals surface area contributed by atoms with Gasteiger partial charge in [0, 0.05) is 18.7 Å². The fraction of sp³-hybridized carbons (Fsp3) is 0.320. The summed E-state index contributed by atoms with van der Waals surface area (Å²) in [7, 11) is 1.66. The fourth-order valence-corrected chi connectivity index (χ4v) is 3.22. The molecule has 0 fully saturated rings. The maximum atomic E-state index is 12.7. The van der Waals surface area contributed by atoms with Crippen molar-refractivity contribution < 1.29 is 9.59 Å². The zero-order valence-corrected chi connectivity index (χ0v) is 18.8. The van der Waals surface area contributed by atoms with Crippen LogP contribution in [-0.2, 0) is 9.59 Å². The summed E-state index contributed by atoms with van der Waals surface area (Å²) < 4.78 is 0. The van der Waals surface area contributed by atoms with Crippen LogP contribution in [0.1, 0.15) is 40.2 Å². The van der Waals surface area contributed by atoms with Crippen LogP contribution < -0.4 is 10.6 Å². The number of likely N-dealkylation sites (N-methyl/N-ethyl adjacent to an activating group) is 1. The van der Waals surface area contributed by atoms with E-state index in [2.05, 4.69) is 49.9 Å². The maximum absolute atomic E-state index is 12.7. The Bertz CT molecular complexity index is 873. The molecular formula is C25H33N3O2. The number of carbonyl (C=O) groups excluding carboxylic acids is 2. The maximum Gasteiger partial charge on any atom is 0.271 e. The minimum Gasteiger partial charge on any atom is -0.384 e. The third-order valence-electron chi connectivity index (χ3n) is 4.63. The van der Waals surface area contributed by atoms with Crippen molar-refractivity contribution in [3.05, 3.63) is 77.3 Å². The number of nitrogens with one attached hydrogen (secondary N) is 2. The van der Waals surface area contributed by atoms with E-state index >= 15 is 0 Å². The molecule has 0 aliphatic carbocycles. The number of rotatable bonds is 10. The Balaban J connectivity index is 3.37. The minimum absolute atomic E-state index is 0.132. The van der Waals surface area contributed by atoms with Crippen LogP contribution in [-0.4, -0.2) is 25.5 Å². The summed E-state index contributed by atoms with van der Waals surface area (Å²) in [6.45, 7) is 14.0. The van der Waals surface area contributed by atoms with Crippen LogP contribution in [0.3, 0.4) is 0 Å². The molecule has 1 rings (SSSR count). The highest BCUT2D eigenvalue weighted by molar-refractivity contribution is 6.00. The Morgan fingerprint density at radius 1 is 1.20 bits per heavy atom. The highest BCUT2D eigenvalue weighted by Gasteiger charge is 2.25. The summed E-state index contributed by atoms with van der Waals surface area (Å²) in [6, 6.07) is 9.47. The summed E-state index contributed by atoms with van der Waals surface area (Å²) in [5.41, 5.74) is 2.69. The van der Waals surface area contributed by atoms with Gasteiger partial charge in [0.25, 0.3) is 5.91 Å². The van der Waals surface area contributed by atoms with Crippen LogP contribution in [0.5, 0.6) is 0 Å². The summed E-state index contributed by atoms with van der Waals surface area (Å²) in [5, 5.41) is 5.56. The minimum atomic E-state index is -0.409. The molecular weight excluding hydrogens is 374 g/mol. The number of hydrogen-bond acceptors (Lipinski definition) is 4. The first-order valence-electron chi connectivity index (χ1n) is 9.99. The number of nitrogens with zero attached hydrogens (tertiary/aromatic N) is 1. The third-order valence-corrected chi connectivity index (χ3v) is 4.63. The highest BCUT2D eigenvalue weighted by atomic mass is 16.2. The third kappa shape index (κ3) is 6.99. The van der Waals surface area contributed by atoms with E-state index in [1.54, 1.807) is 25.4 Å². The standard InChI is InChI=1S/C25H33N3O2/c1-8-25(5,6)23(18(3)4)21(27-9-2)16-20(17-29)28-24(30)22(26-7)15-19-13-11-10-12-14-19/h8-18,26H,1H2,2-7H3,(H,28,30)/b20-16-,22-15-,23-21+,27-9?. The molecule has 1 amide bonds. The van der Waals surface area contributed by atoms with Gasteiger partial charge in [-0.3, -0.25) is 14.6 Å². The Hall–Kier alpha value is -3.21. The predicted octanol–water partition coefficient (Wildman–Crippen LogP) is 4.66. The first-order chi connectivity index (χ1) is 14.2. The molecule has 0 atom stereocenters. The second kappa shape index (κ2) is 11.7. The lowest BCUT2D eigenvalue weighted by Gasteiger charge is -2.29. The normalized spacial score (nSPS) is 13.8. The molecule has 0 unspecified atom stereocenters. The summed E-state index contributed by atoms with van der Waals surface area (Å²) in [4.78, 5) is 29.0. The molecule has 0 aromatic heterocycles. The largest absolute Gasteiger partial charge is 0.384 e. The van der Waals surface area contributed by atoms with Crippen molar-refractivity contribution in [1.29, 1.82) is 0 Å². The molecule has 0 aliphatic rings. The second-order valence-electron chi connectivity index (χ2n) is 7.66. The zero-order chi connectivity index (χ0) is 22.7. The monoisotopic (exact) mass is 407 g/mol. The first kappa shape index (κ1) is 24.8. The summed E-state index contributed by atoms with van der Waals surface area (Å²) >= 11 is 0. The van der Waals surface area contributed by atoms with Crippen LogP contribution in [0.25, 0.3) is 6.08 Å². The topological polar surface area (TPSA) is 70.6 Å². The van der Waals surface area contributed by atoms with Gasteiger partial charge >= 0.3 is 0 Å². The van der Waals surface area contributed by atoms with Crippen LogP contribution in [0, 0.1) is 11.3 Å². The van der Waals surface area contributed by atoms with Gasteiger partial charge in [0.1, 0.15) is 5.70 Å². The number of benzene rings is 1. The highest BCUT2D eigenvalue weighted by Crippen LogP contribution is 2.36. The lowest BCUT2D eigenvalue weighted by molar-refractivity contribution is -0.118. The van der Waals surface area contributed by atoms with Crippen molar-refractivity contribution in [2.75, 3.05) is 7.05 Å². The molecule has 0 aliphatic heterocycles. The van der Waals surface area contributed by atoms with Crippen molar-refractivity contribution in [1.82, 2.24) is 10.6 Å². The van der Waals surface area contributed by atoms with Gasteiger partial charge in [0.05, 0.1) is 11.4 Å². The number of carbonyl (C=O) groups is 2. The molecule has 1 aromatic carbocycles. The van der Waals surface area contributed by atoms with Gasteiger partial charge in [-0.25, -0.2) is 0 Å². The van der Waals surface area contributed by atoms with Gasteiger partial charge in [0.15, 0.2) is 6.29 Å². The van der Waals surface area contributed by atoms with Crippen LogP contribution in [0.15, 0.2) is 76.7 Å². The van der Waals surface area contributed by atoms with Crippen LogP contribution >= 0.6 is 0 Å². The molecule has 0 spiro atoms. The van der Waals surface area contributed by atoms with Crippen molar-refractivity contribution in [2.24, 2.45) is 16.3 Å². The lowest BCUT2D eigenvalue weighted by atomic mass is 9.77. The first-order valence-corrected chi connectivity index (χ1v) is 9.99. The number of hydrogen-bond donors (Lipinski definition) is 2. The van der Waals surface area contributed by atoms with E-state index in [0.29, 0.717) is 17.7 Å². The van der Waals surface area contributed by atoms with Crippen LogP contribution in [0.2, 0.25) is 0 Å². The van der Waals surface area contributed by atoms with Crippen molar-refractivity contribution in [3.63, 3.8) is 0 Å². The average molecular weight is 408 g/mol. The molecule has 1 aromatic rings. The van der Waals surface area contributed by atoms with Crippen LogP contribution in [0.4, 0.5) is 0 Å². The molecule has 0 saturated heterocycles. The van der Waals surface area contributed by atoms with E-state index in [1.807, 2.05) is 43.3 Å². The fourth-order valence-electron chi connectivity index (χ4n) is 3.22.